The minimum Gasteiger partial charge on any atom is -0.496 e. The van der Waals surface area contributed by atoms with Crippen LogP contribution in [0.5, 0.6) is 5.75 Å². The summed E-state index contributed by atoms with van der Waals surface area (Å²) in [7, 11) is 1.59. The Labute approximate surface area is 153 Å². The minimum absolute atomic E-state index is 0.0902. The zero-order valence-corrected chi connectivity index (χ0v) is 15.3. The molecule has 1 atom stereocenters. The van der Waals surface area contributed by atoms with E-state index in [1.807, 2.05) is 44.2 Å². The molecule has 2 aromatic carbocycles. The number of amides is 2. The lowest BCUT2D eigenvalue weighted by Gasteiger charge is -2.16. The van der Waals surface area contributed by atoms with Crippen molar-refractivity contribution in [1.29, 1.82) is 0 Å². The van der Waals surface area contributed by atoms with Crippen LogP contribution in [0.25, 0.3) is 0 Å². The highest BCUT2D eigenvalue weighted by atomic mass is 16.5. The monoisotopic (exact) mass is 352 g/mol. The number of methoxy groups -OCH3 is 1. The van der Waals surface area contributed by atoms with Crippen LogP contribution in [0.1, 0.15) is 47.3 Å². The van der Waals surface area contributed by atoms with Gasteiger partial charge in [-0.15, -0.1) is 0 Å². The van der Waals surface area contributed by atoms with Crippen LogP contribution in [0.4, 0.5) is 5.69 Å². The zero-order chi connectivity index (χ0) is 18.7. The summed E-state index contributed by atoms with van der Waals surface area (Å²) in [6.07, 6.45) is 1.97. The second-order valence-corrected chi connectivity index (χ2v) is 6.77. The summed E-state index contributed by atoms with van der Waals surface area (Å²) in [5.41, 5.74) is 3.31. The Bertz CT molecular complexity index is 811. The first-order valence-corrected chi connectivity index (χ1v) is 8.84. The largest absolute Gasteiger partial charge is 0.496 e. The number of hydrogen-bond donors (Lipinski definition) is 2. The number of rotatable bonds is 6. The molecule has 0 aromatic heterocycles. The topological polar surface area (TPSA) is 67.4 Å². The van der Waals surface area contributed by atoms with Gasteiger partial charge in [0.05, 0.1) is 13.2 Å². The molecule has 0 radical (unpaired) electrons. The minimum atomic E-state index is -0.151. The first kappa shape index (κ1) is 18.0. The van der Waals surface area contributed by atoms with Crippen molar-refractivity contribution in [3.05, 3.63) is 59.2 Å². The molecule has 0 spiro atoms. The first-order valence-electron chi connectivity index (χ1n) is 8.84. The van der Waals surface area contributed by atoms with E-state index in [1.54, 1.807) is 19.2 Å². The summed E-state index contributed by atoms with van der Waals surface area (Å²) in [4.78, 5) is 24.3. The molecule has 0 heterocycles. The highest BCUT2D eigenvalue weighted by Gasteiger charge is 2.29. The van der Waals surface area contributed by atoms with Gasteiger partial charge in [-0.1, -0.05) is 18.2 Å². The van der Waals surface area contributed by atoms with Gasteiger partial charge < -0.3 is 15.4 Å². The molecule has 2 N–H and O–H groups in total. The van der Waals surface area contributed by atoms with Crippen LogP contribution in [-0.2, 0) is 4.79 Å². The van der Waals surface area contributed by atoms with Gasteiger partial charge in [-0.05, 0) is 62.1 Å². The summed E-state index contributed by atoms with van der Waals surface area (Å²) in [5.74, 6) is 0.815. The first-order chi connectivity index (χ1) is 12.5. The van der Waals surface area contributed by atoms with Gasteiger partial charge in [-0.3, -0.25) is 9.59 Å². The van der Waals surface area contributed by atoms with E-state index in [-0.39, 0.29) is 23.8 Å². The Morgan fingerprint density at radius 2 is 1.81 bits per heavy atom. The van der Waals surface area contributed by atoms with Crippen LogP contribution >= 0.6 is 0 Å². The molecule has 26 heavy (non-hydrogen) atoms. The van der Waals surface area contributed by atoms with E-state index < -0.39 is 0 Å². The molecule has 0 saturated heterocycles. The Kier molecular flexibility index (Phi) is 5.26. The molecule has 136 valence electrons. The van der Waals surface area contributed by atoms with Gasteiger partial charge in [0.15, 0.2) is 0 Å². The number of hydrogen-bond acceptors (Lipinski definition) is 3. The second-order valence-electron chi connectivity index (χ2n) is 6.77. The van der Waals surface area contributed by atoms with Gasteiger partial charge in [-0.2, -0.15) is 0 Å². The van der Waals surface area contributed by atoms with Crippen LogP contribution in [0.15, 0.2) is 42.5 Å². The van der Waals surface area contributed by atoms with Crippen molar-refractivity contribution < 1.29 is 14.3 Å². The van der Waals surface area contributed by atoms with Gasteiger partial charge in [0, 0.05) is 17.2 Å². The second kappa shape index (κ2) is 7.60. The molecule has 1 fully saturated rings. The number of ether oxygens (including phenoxy) is 1. The molecule has 5 heteroatoms. The summed E-state index contributed by atoms with van der Waals surface area (Å²) < 4.78 is 5.28. The quantitative estimate of drug-likeness (QED) is 0.830. The molecule has 1 aliphatic carbocycles. The molecule has 5 nitrogen and oxygen atoms in total. The van der Waals surface area contributed by atoms with Gasteiger partial charge in [0.1, 0.15) is 5.75 Å². The molecular weight excluding hydrogens is 328 g/mol. The fourth-order valence-electron chi connectivity index (χ4n) is 2.77. The fraction of sp³-hybridized carbons (Fsp3) is 0.333. The smallest absolute Gasteiger partial charge is 0.251 e. The molecule has 2 amide bonds. The van der Waals surface area contributed by atoms with Gasteiger partial charge >= 0.3 is 0 Å². The summed E-state index contributed by atoms with van der Waals surface area (Å²) in [6, 6.07) is 12.8. The molecule has 0 aliphatic heterocycles. The molecule has 1 unspecified atom stereocenters. The van der Waals surface area contributed by atoms with Crippen molar-refractivity contribution in [2.45, 2.75) is 32.7 Å². The van der Waals surface area contributed by atoms with Crippen LogP contribution in [0, 0.1) is 12.8 Å². The average Bonchev–Trinajstić information content (AvgIpc) is 3.47. The standard InChI is InChI=1S/C21H24N2O3/c1-13-4-5-17(12-19(13)26-3)21(25)22-14(2)15-8-10-18(11-9-15)23-20(24)16-6-7-16/h4-5,8-12,14,16H,6-7H2,1-3H3,(H,22,25)(H,23,24). The van der Waals surface area contributed by atoms with E-state index in [4.69, 9.17) is 4.74 Å². The number of carbonyl (C=O) groups is 2. The molecule has 1 aliphatic rings. The summed E-state index contributed by atoms with van der Waals surface area (Å²) in [6.45, 7) is 3.87. The van der Waals surface area contributed by atoms with Crippen LogP contribution in [-0.4, -0.2) is 18.9 Å². The van der Waals surface area contributed by atoms with E-state index in [0.717, 1.165) is 29.7 Å². The molecule has 3 rings (SSSR count). The highest BCUT2D eigenvalue weighted by molar-refractivity contribution is 5.95. The van der Waals surface area contributed by atoms with Gasteiger partial charge in [0.2, 0.25) is 5.91 Å². The van der Waals surface area contributed by atoms with Crippen molar-refractivity contribution in [2.75, 3.05) is 12.4 Å². The number of benzene rings is 2. The fourth-order valence-corrected chi connectivity index (χ4v) is 2.77. The predicted octanol–water partition coefficient (Wildman–Crippen LogP) is 3.84. The van der Waals surface area contributed by atoms with Crippen molar-refractivity contribution in [3.8, 4) is 5.75 Å². The Morgan fingerprint density at radius 1 is 1.12 bits per heavy atom. The highest BCUT2D eigenvalue weighted by Crippen LogP contribution is 2.30. The maximum absolute atomic E-state index is 12.5. The van der Waals surface area contributed by atoms with Crippen LogP contribution < -0.4 is 15.4 Å². The SMILES string of the molecule is COc1cc(C(=O)NC(C)c2ccc(NC(=O)C3CC3)cc2)ccc1C. The number of anilines is 1. The third kappa shape index (κ3) is 4.23. The van der Waals surface area contributed by atoms with Gasteiger partial charge in [-0.25, -0.2) is 0 Å². The maximum Gasteiger partial charge on any atom is 0.251 e. The normalized spacial score (nSPS) is 14.4. The Morgan fingerprint density at radius 3 is 2.42 bits per heavy atom. The molecule has 0 bridgehead atoms. The molecule has 1 saturated carbocycles. The molecule has 2 aromatic rings. The number of aryl methyl sites for hydroxylation is 1. The van der Waals surface area contributed by atoms with Gasteiger partial charge in [0.25, 0.3) is 5.91 Å². The third-order valence-electron chi connectivity index (χ3n) is 4.64. The Balaban J connectivity index is 1.62. The lowest BCUT2D eigenvalue weighted by Crippen LogP contribution is -2.26. The van der Waals surface area contributed by atoms with Crippen molar-refractivity contribution in [3.63, 3.8) is 0 Å². The van der Waals surface area contributed by atoms with Crippen molar-refractivity contribution >= 4 is 17.5 Å². The van der Waals surface area contributed by atoms with E-state index in [1.165, 1.54) is 0 Å². The zero-order valence-electron chi connectivity index (χ0n) is 15.3. The predicted molar refractivity (Wildman–Crippen MR) is 101 cm³/mol. The average molecular weight is 352 g/mol. The lowest BCUT2D eigenvalue weighted by molar-refractivity contribution is -0.117. The third-order valence-corrected chi connectivity index (χ3v) is 4.64. The van der Waals surface area contributed by atoms with Crippen molar-refractivity contribution in [1.82, 2.24) is 5.32 Å². The lowest BCUT2D eigenvalue weighted by atomic mass is 10.1. The van der Waals surface area contributed by atoms with E-state index in [2.05, 4.69) is 10.6 Å². The summed E-state index contributed by atoms with van der Waals surface area (Å²) >= 11 is 0. The van der Waals surface area contributed by atoms with Crippen LogP contribution in [0.2, 0.25) is 0 Å². The number of nitrogens with one attached hydrogen (secondary N) is 2. The van der Waals surface area contributed by atoms with E-state index in [0.29, 0.717) is 11.3 Å². The van der Waals surface area contributed by atoms with E-state index in [9.17, 15) is 9.59 Å². The Hall–Kier alpha value is -2.82. The van der Waals surface area contributed by atoms with Crippen molar-refractivity contribution in [2.24, 2.45) is 5.92 Å². The summed E-state index contributed by atoms with van der Waals surface area (Å²) in [5, 5.41) is 5.90. The molecular formula is C21H24N2O3. The van der Waals surface area contributed by atoms with Crippen LogP contribution in [0.3, 0.4) is 0 Å². The number of carbonyl (C=O) groups excluding carboxylic acids is 2. The maximum atomic E-state index is 12.5. The van der Waals surface area contributed by atoms with E-state index >= 15 is 0 Å².